The molecule has 106 valence electrons. The van der Waals surface area contributed by atoms with Crippen molar-refractivity contribution in [1.29, 1.82) is 0 Å². The van der Waals surface area contributed by atoms with Gasteiger partial charge in [-0.25, -0.2) is 0 Å². The summed E-state index contributed by atoms with van der Waals surface area (Å²) in [6.07, 6.45) is 9.33. The Hall–Kier alpha value is -0.800. The van der Waals surface area contributed by atoms with Crippen molar-refractivity contribution in [2.24, 2.45) is 5.92 Å². The third-order valence-electron chi connectivity index (χ3n) is 5.06. The van der Waals surface area contributed by atoms with Crippen molar-refractivity contribution in [3.05, 3.63) is 23.7 Å². The number of furan rings is 1. The van der Waals surface area contributed by atoms with E-state index >= 15 is 0 Å². The van der Waals surface area contributed by atoms with Gasteiger partial charge in [-0.2, -0.15) is 0 Å². The molecule has 2 aliphatic rings. The lowest BCUT2D eigenvalue weighted by Crippen LogP contribution is -2.41. The van der Waals surface area contributed by atoms with Gasteiger partial charge in [0.2, 0.25) is 0 Å². The van der Waals surface area contributed by atoms with Crippen molar-refractivity contribution in [1.82, 2.24) is 5.32 Å². The molecule has 1 spiro atoms. The summed E-state index contributed by atoms with van der Waals surface area (Å²) in [6, 6.07) is 2.52. The summed E-state index contributed by atoms with van der Waals surface area (Å²) in [6.45, 7) is 2.98. The topological polar surface area (TPSA) is 34.4 Å². The maximum absolute atomic E-state index is 6.15. The first-order valence-electron chi connectivity index (χ1n) is 7.59. The van der Waals surface area contributed by atoms with E-state index in [1.165, 1.54) is 37.7 Å². The van der Waals surface area contributed by atoms with E-state index in [0.29, 0.717) is 12.0 Å². The van der Waals surface area contributed by atoms with Gasteiger partial charge in [-0.3, -0.25) is 0 Å². The molecule has 2 unspecified atom stereocenters. The van der Waals surface area contributed by atoms with Crippen molar-refractivity contribution < 1.29 is 9.15 Å². The monoisotopic (exact) mass is 263 g/mol. The van der Waals surface area contributed by atoms with Crippen LogP contribution in [0, 0.1) is 12.8 Å². The van der Waals surface area contributed by atoms with E-state index in [1.54, 1.807) is 6.26 Å². The van der Waals surface area contributed by atoms with Crippen molar-refractivity contribution in [2.45, 2.75) is 57.1 Å². The van der Waals surface area contributed by atoms with Crippen LogP contribution in [0.5, 0.6) is 0 Å². The average Bonchev–Trinajstić information content (AvgIpc) is 3.02. The molecule has 1 aliphatic heterocycles. The van der Waals surface area contributed by atoms with Crippen LogP contribution in [0.15, 0.2) is 16.7 Å². The highest BCUT2D eigenvalue weighted by atomic mass is 16.5. The zero-order valence-electron chi connectivity index (χ0n) is 12.1. The minimum absolute atomic E-state index is 0.190. The van der Waals surface area contributed by atoms with Crippen LogP contribution < -0.4 is 5.32 Å². The molecule has 2 atom stereocenters. The molecular formula is C16H25NO2. The first-order chi connectivity index (χ1) is 9.24. The molecule has 1 N–H and O–H groups in total. The van der Waals surface area contributed by atoms with E-state index in [2.05, 4.69) is 25.4 Å². The molecule has 3 rings (SSSR count). The third-order valence-corrected chi connectivity index (χ3v) is 5.06. The molecule has 19 heavy (non-hydrogen) atoms. The standard InChI is InChI=1S/C16H25NO2/c1-12-14(6-9-18-12)15(17-2)13-5-10-19-16(11-13)7-3-4-8-16/h6,9,13,15,17H,3-5,7-8,10-11H2,1-2H3. The van der Waals surface area contributed by atoms with E-state index < -0.39 is 0 Å². The number of nitrogens with one attached hydrogen (secondary N) is 1. The minimum atomic E-state index is 0.190. The summed E-state index contributed by atoms with van der Waals surface area (Å²) in [5, 5.41) is 3.51. The molecule has 1 aromatic rings. The Morgan fingerprint density at radius 2 is 2.16 bits per heavy atom. The molecular weight excluding hydrogens is 238 g/mol. The van der Waals surface area contributed by atoms with Gasteiger partial charge in [0, 0.05) is 18.2 Å². The Labute approximate surface area is 115 Å². The lowest BCUT2D eigenvalue weighted by Gasteiger charge is -2.41. The number of hydrogen-bond acceptors (Lipinski definition) is 3. The smallest absolute Gasteiger partial charge is 0.105 e. The maximum atomic E-state index is 6.15. The molecule has 0 radical (unpaired) electrons. The van der Waals surface area contributed by atoms with Gasteiger partial charge < -0.3 is 14.5 Å². The van der Waals surface area contributed by atoms with Crippen LogP contribution in [-0.2, 0) is 4.74 Å². The number of rotatable bonds is 3. The predicted octanol–water partition coefficient (Wildman–Crippen LogP) is 3.59. The fourth-order valence-electron chi connectivity index (χ4n) is 4.08. The van der Waals surface area contributed by atoms with E-state index in [4.69, 9.17) is 9.15 Å². The highest BCUT2D eigenvalue weighted by molar-refractivity contribution is 5.21. The van der Waals surface area contributed by atoms with Crippen LogP contribution in [-0.4, -0.2) is 19.3 Å². The molecule has 1 saturated carbocycles. The lowest BCUT2D eigenvalue weighted by molar-refractivity contribution is -0.0979. The van der Waals surface area contributed by atoms with Crippen LogP contribution in [0.3, 0.4) is 0 Å². The summed E-state index contributed by atoms with van der Waals surface area (Å²) in [7, 11) is 2.06. The largest absolute Gasteiger partial charge is 0.469 e. The molecule has 2 heterocycles. The highest BCUT2D eigenvalue weighted by Crippen LogP contribution is 2.45. The summed E-state index contributed by atoms with van der Waals surface area (Å²) in [5.41, 5.74) is 1.51. The molecule has 1 saturated heterocycles. The molecule has 0 amide bonds. The fraction of sp³-hybridized carbons (Fsp3) is 0.750. The van der Waals surface area contributed by atoms with Gasteiger partial charge in [-0.1, -0.05) is 12.8 Å². The predicted molar refractivity (Wildman–Crippen MR) is 75.1 cm³/mol. The molecule has 3 heteroatoms. The summed E-state index contributed by atoms with van der Waals surface area (Å²) < 4.78 is 11.6. The van der Waals surface area contributed by atoms with Gasteiger partial charge in [-0.05, 0) is 51.6 Å². The van der Waals surface area contributed by atoms with E-state index in [9.17, 15) is 0 Å². The third kappa shape index (κ3) is 2.46. The van der Waals surface area contributed by atoms with Crippen LogP contribution in [0.2, 0.25) is 0 Å². The van der Waals surface area contributed by atoms with E-state index in [0.717, 1.165) is 18.8 Å². The Morgan fingerprint density at radius 1 is 1.37 bits per heavy atom. The fourth-order valence-corrected chi connectivity index (χ4v) is 4.08. The van der Waals surface area contributed by atoms with Gasteiger partial charge in [-0.15, -0.1) is 0 Å². The molecule has 2 fully saturated rings. The Balaban J connectivity index is 1.78. The van der Waals surface area contributed by atoms with Crippen LogP contribution >= 0.6 is 0 Å². The second-order valence-electron chi connectivity index (χ2n) is 6.19. The number of hydrogen-bond donors (Lipinski definition) is 1. The molecule has 1 aliphatic carbocycles. The van der Waals surface area contributed by atoms with E-state index in [1.807, 2.05) is 0 Å². The minimum Gasteiger partial charge on any atom is -0.469 e. The normalized spacial score (nSPS) is 27.8. The number of aryl methyl sites for hydroxylation is 1. The summed E-state index contributed by atoms with van der Waals surface area (Å²) in [4.78, 5) is 0. The van der Waals surface area contributed by atoms with Gasteiger partial charge >= 0.3 is 0 Å². The van der Waals surface area contributed by atoms with Gasteiger partial charge in [0.05, 0.1) is 11.9 Å². The van der Waals surface area contributed by atoms with Crippen molar-refractivity contribution in [3.8, 4) is 0 Å². The van der Waals surface area contributed by atoms with Gasteiger partial charge in [0.15, 0.2) is 0 Å². The van der Waals surface area contributed by atoms with Crippen molar-refractivity contribution in [2.75, 3.05) is 13.7 Å². The summed E-state index contributed by atoms with van der Waals surface area (Å²) in [5.74, 6) is 1.71. The van der Waals surface area contributed by atoms with Crippen LogP contribution in [0.25, 0.3) is 0 Å². The summed E-state index contributed by atoms with van der Waals surface area (Å²) >= 11 is 0. The highest BCUT2D eigenvalue weighted by Gasteiger charge is 2.42. The molecule has 1 aromatic heterocycles. The Morgan fingerprint density at radius 3 is 2.79 bits per heavy atom. The Kier molecular flexibility index (Phi) is 3.68. The molecule has 0 bridgehead atoms. The molecule has 3 nitrogen and oxygen atoms in total. The maximum Gasteiger partial charge on any atom is 0.105 e. The van der Waals surface area contributed by atoms with Gasteiger partial charge in [0.1, 0.15) is 5.76 Å². The SMILES string of the molecule is CNC(c1ccoc1C)C1CCOC2(CCCC2)C1. The zero-order valence-corrected chi connectivity index (χ0v) is 12.1. The lowest BCUT2D eigenvalue weighted by atomic mass is 9.78. The first-order valence-corrected chi connectivity index (χ1v) is 7.59. The van der Waals surface area contributed by atoms with Crippen molar-refractivity contribution >= 4 is 0 Å². The Bertz CT molecular complexity index is 420. The zero-order chi connectivity index (χ0) is 13.3. The first kappa shape index (κ1) is 13.2. The van der Waals surface area contributed by atoms with Crippen LogP contribution in [0.4, 0.5) is 0 Å². The second-order valence-corrected chi connectivity index (χ2v) is 6.19. The van der Waals surface area contributed by atoms with Gasteiger partial charge in [0.25, 0.3) is 0 Å². The number of ether oxygens (including phenoxy) is 1. The quantitative estimate of drug-likeness (QED) is 0.905. The van der Waals surface area contributed by atoms with Crippen molar-refractivity contribution in [3.63, 3.8) is 0 Å². The molecule has 0 aromatic carbocycles. The second kappa shape index (κ2) is 5.29. The van der Waals surface area contributed by atoms with Crippen LogP contribution in [0.1, 0.15) is 55.9 Å². The van der Waals surface area contributed by atoms with E-state index in [-0.39, 0.29) is 5.60 Å². The average molecular weight is 263 g/mol.